The Morgan fingerprint density at radius 2 is 2.22 bits per heavy atom. The molecule has 3 heterocycles. The lowest BCUT2D eigenvalue weighted by Gasteiger charge is -2.00. The quantitative estimate of drug-likeness (QED) is 0.808. The summed E-state index contributed by atoms with van der Waals surface area (Å²) in [5.41, 5.74) is 1.89. The molecule has 0 amide bonds. The summed E-state index contributed by atoms with van der Waals surface area (Å²) >= 11 is 3.45. The minimum absolute atomic E-state index is 0.603. The van der Waals surface area contributed by atoms with Gasteiger partial charge in [-0.2, -0.15) is 4.98 Å². The van der Waals surface area contributed by atoms with Crippen LogP contribution in [0.4, 0.5) is 5.95 Å². The number of anilines is 1. The maximum atomic E-state index is 4.40. The van der Waals surface area contributed by atoms with Crippen molar-refractivity contribution in [1.29, 1.82) is 0 Å². The lowest BCUT2D eigenvalue weighted by atomic mass is 10.3. The molecule has 0 spiro atoms. The van der Waals surface area contributed by atoms with Crippen molar-refractivity contribution >= 4 is 27.5 Å². The van der Waals surface area contributed by atoms with E-state index in [1.807, 2.05) is 36.7 Å². The standard InChI is InChI=1S/C12H10BrN5/c13-10-4-2-6-18-11(10)16-12(17-18)15-8-9-3-1-5-14-7-9/h1-7H,8H2,(H,15,17). The average Bonchev–Trinajstić information content (AvgIpc) is 2.82. The van der Waals surface area contributed by atoms with Gasteiger partial charge in [0.15, 0.2) is 5.65 Å². The van der Waals surface area contributed by atoms with Crippen LogP contribution in [0, 0.1) is 0 Å². The average molecular weight is 304 g/mol. The van der Waals surface area contributed by atoms with Crippen molar-refractivity contribution in [2.75, 3.05) is 5.32 Å². The van der Waals surface area contributed by atoms with E-state index in [4.69, 9.17) is 0 Å². The first-order valence-corrected chi connectivity index (χ1v) is 6.26. The first-order chi connectivity index (χ1) is 8.83. The number of hydrogen-bond donors (Lipinski definition) is 1. The van der Waals surface area contributed by atoms with Gasteiger partial charge >= 0.3 is 0 Å². The first kappa shape index (κ1) is 11.2. The lowest BCUT2D eigenvalue weighted by Crippen LogP contribution is -2.01. The molecule has 0 aromatic carbocycles. The number of rotatable bonds is 3. The number of aromatic nitrogens is 4. The zero-order valence-electron chi connectivity index (χ0n) is 9.42. The van der Waals surface area contributed by atoms with E-state index in [0.717, 1.165) is 15.7 Å². The highest BCUT2D eigenvalue weighted by molar-refractivity contribution is 9.10. The predicted octanol–water partition coefficient (Wildman–Crippen LogP) is 2.50. The first-order valence-electron chi connectivity index (χ1n) is 5.46. The number of nitrogens with zero attached hydrogens (tertiary/aromatic N) is 4. The Bertz CT molecular complexity index is 665. The van der Waals surface area contributed by atoms with E-state index in [-0.39, 0.29) is 0 Å². The van der Waals surface area contributed by atoms with E-state index in [0.29, 0.717) is 12.5 Å². The van der Waals surface area contributed by atoms with Gasteiger partial charge in [0.25, 0.3) is 0 Å². The largest absolute Gasteiger partial charge is 0.349 e. The molecule has 0 radical (unpaired) electrons. The highest BCUT2D eigenvalue weighted by Crippen LogP contribution is 2.16. The van der Waals surface area contributed by atoms with Gasteiger partial charge in [-0.15, -0.1) is 5.10 Å². The molecular weight excluding hydrogens is 294 g/mol. The van der Waals surface area contributed by atoms with Crippen molar-refractivity contribution < 1.29 is 0 Å². The summed E-state index contributed by atoms with van der Waals surface area (Å²) in [4.78, 5) is 8.46. The molecule has 0 bridgehead atoms. The molecule has 0 unspecified atom stereocenters. The summed E-state index contributed by atoms with van der Waals surface area (Å²) in [5, 5.41) is 7.51. The van der Waals surface area contributed by atoms with Crippen molar-refractivity contribution in [2.45, 2.75) is 6.54 Å². The van der Waals surface area contributed by atoms with Crippen molar-refractivity contribution in [3.05, 3.63) is 52.9 Å². The molecule has 5 nitrogen and oxygen atoms in total. The van der Waals surface area contributed by atoms with Crippen LogP contribution in [0.15, 0.2) is 47.3 Å². The zero-order valence-corrected chi connectivity index (χ0v) is 11.0. The molecule has 0 aliphatic carbocycles. The van der Waals surface area contributed by atoms with Gasteiger partial charge in [0.1, 0.15) is 0 Å². The van der Waals surface area contributed by atoms with E-state index in [1.165, 1.54) is 0 Å². The second-order valence-corrected chi connectivity index (χ2v) is 4.63. The summed E-state index contributed by atoms with van der Waals surface area (Å²) in [6.45, 7) is 0.655. The Labute approximate surface area is 112 Å². The van der Waals surface area contributed by atoms with E-state index in [9.17, 15) is 0 Å². The van der Waals surface area contributed by atoms with Crippen LogP contribution < -0.4 is 5.32 Å². The van der Waals surface area contributed by atoms with Gasteiger partial charge in [-0.25, -0.2) is 4.52 Å². The fourth-order valence-corrected chi connectivity index (χ4v) is 2.06. The molecule has 6 heteroatoms. The maximum absolute atomic E-state index is 4.40. The van der Waals surface area contributed by atoms with Gasteiger partial charge in [-0.05, 0) is 39.7 Å². The predicted molar refractivity (Wildman–Crippen MR) is 72.3 cm³/mol. The van der Waals surface area contributed by atoms with Crippen LogP contribution in [0.5, 0.6) is 0 Å². The van der Waals surface area contributed by atoms with Gasteiger partial charge in [0.05, 0.1) is 4.47 Å². The van der Waals surface area contributed by atoms with Crippen LogP contribution >= 0.6 is 15.9 Å². The molecule has 18 heavy (non-hydrogen) atoms. The zero-order chi connectivity index (χ0) is 12.4. The molecule has 0 atom stereocenters. The minimum atomic E-state index is 0.603. The molecule has 0 fully saturated rings. The third kappa shape index (κ3) is 2.19. The minimum Gasteiger partial charge on any atom is -0.349 e. The van der Waals surface area contributed by atoms with Gasteiger partial charge < -0.3 is 5.32 Å². The van der Waals surface area contributed by atoms with Gasteiger partial charge in [-0.1, -0.05) is 6.07 Å². The van der Waals surface area contributed by atoms with Gasteiger partial charge in [0.2, 0.25) is 5.95 Å². The third-order valence-corrected chi connectivity index (χ3v) is 3.11. The Kier molecular flexibility index (Phi) is 2.93. The van der Waals surface area contributed by atoms with Crippen LogP contribution in [-0.4, -0.2) is 19.6 Å². The van der Waals surface area contributed by atoms with Crippen LogP contribution in [-0.2, 0) is 6.54 Å². The number of pyridine rings is 2. The number of halogens is 1. The second-order valence-electron chi connectivity index (χ2n) is 3.77. The number of hydrogen-bond acceptors (Lipinski definition) is 4. The number of nitrogens with one attached hydrogen (secondary N) is 1. The summed E-state index contributed by atoms with van der Waals surface area (Å²) in [6.07, 6.45) is 5.44. The maximum Gasteiger partial charge on any atom is 0.243 e. The summed E-state index contributed by atoms with van der Waals surface area (Å²) in [5.74, 6) is 0.603. The van der Waals surface area contributed by atoms with Crippen LogP contribution in [0.1, 0.15) is 5.56 Å². The van der Waals surface area contributed by atoms with Crippen molar-refractivity contribution in [3.8, 4) is 0 Å². The Hall–Kier alpha value is -1.95. The highest BCUT2D eigenvalue weighted by atomic mass is 79.9. The van der Waals surface area contributed by atoms with Crippen LogP contribution in [0.25, 0.3) is 5.65 Å². The van der Waals surface area contributed by atoms with E-state index >= 15 is 0 Å². The molecule has 0 saturated heterocycles. The summed E-state index contributed by atoms with van der Waals surface area (Å²) in [7, 11) is 0. The van der Waals surface area contributed by atoms with E-state index < -0.39 is 0 Å². The Morgan fingerprint density at radius 1 is 1.28 bits per heavy atom. The van der Waals surface area contributed by atoms with Crippen molar-refractivity contribution in [1.82, 2.24) is 19.6 Å². The monoisotopic (exact) mass is 303 g/mol. The third-order valence-electron chi connectivity index (χ3n) is 2.49. The summed E-state index contributed by atoms with van der Waals surface area (Å²) in [6, 6.07) is 7.77. The smallest absolute Gasteiger partial charge is 0.243 e. The van der Waals surface area contributed by atoms with Crippen LogP contribution in [0.2, 0.25) is 0 Å². The Balaban J connectivity index is 1.81. The molecule has 0 saturated carbocycles. The Morgan fingerprint density at radius 3 is 3.00 bits per heavy atom. The van der Waals surface area contributed by atoms with Crippen LogP contribution in [0.3, 0.4) is 0 Å². The van der Waals surface area contributed by atoms with Gasteiger partial charge in [-0.3, -0.25) is 4.98 Å². The molecule has 3 aromatic rings. The highest BCUT2D eigenvalue weighted by Gasteiger charge is 2.05. The van der Waals surface area contributed by atoms with Crippen molar-refractivity contribution in [2.24, 2.45) is 0 Å². The lowest BCUT2D eigenvalue weighted by molar-refractivity contribution is 0.947. The van der Waals surface area contributed by atoms with E-state index in [2.05, 4.69) is 36.3 Å². The molecule has 90 valence electrons. The molecule has 0 aliphatic heterocycles. The van der Waals surface area contributed by atoms with E-state index in [1.54, 1.807) is 10.7 Å². The SMILES string of the molecule is Brc1cccn2nc(NCc3cccnc3)nc12. The normalized spacial score (nSPS) is 10.7. The topological polar surface area (TPSA) is 55.1 Å². The fraction of sp³-hybridized carbons (Fsp3) is 0.0833. The fourth-order valence-electron chi connectivity index (χ4n) is 1.63. The molecule has 1 N–H and O–H groups in total. The van der Waals surface area contributed by atoms with Crippen molar-refractivity contribution in [3.63, 3.8) is 0 Å². The molecule has 0 aliphatic rings. The molecule has 3 rings (SSSR count). The second kappa shape index (κ2) is 4.73. The molecule has 3 aromatic heterocycles. The number of fused-ring (bicyclic) bond motifs is 1. The van der Waals surface area contributed by atoms with Gasteiger partial charge in [0, 0.05) is 25.1 Å². The molecular formula is C12H10BrN5. The summed E-state index contributed by atoms with van der Waals surface area (Å²) < 4.78 is 2.65.